The number of hydrogen-bond acceptors (Lipinski definition) is 0. The summed E-state index contributed by atoms with van der Waals surface area (Å²) in [6, 6.07) is -35.2. The molecule has 3 heterocycles. The van der Waals surface area contributed by atoms with Crippen LogP contribution in [-0.2, 0) is 0 Å². The number of fused-ring (bicyclic) bond motifs is 9. The van der Waals surface area contributed by atoms with Crippen LogP contribution in [0.5, 0.6) is 0 Å². The molecular weight excluding hydrogens is 691 g/mol. The molecule has 3 heteroatoms. The van der Waals surface area contributed by atoms with Gasteiger partial charge >= 0.3 is 0 Å². The maximum absolute atomic E-state index is 10.2. The van der Waals surface area contributed by atoms with Gasteiger partial charge < -0.3 is 13.7 Å². The predicted molar refractivity (Wildman–Crippen MR) is 240 cm³/mol. The standard InChI is InChI=1S/C54H35N3/c1-2-14-36(15-3-1)37-26-29-39(30-27-37)55-49-22-10-8-20-45(49)47-35-40(31-33-54(47)55)56-50-23-11-7-19-44(50)46-34-38(28-32-53(46)56)41-16-4-9-21-48(41)57-51-24-12-5-17-42(51)43-18-6-13-25-52(43)57/h1-35H/i1D,2D,3D,4D,5D,6D,7D,8D,9D,10D,11D,12D,13D,14D,15D,16D,17D,18D,19D,20D,21D,22D,23D,24D,25D,26D,27D,28D,29D,30D,31D,32D,33D,34D,35D. The second-order valence-electron chi connectivity index (χ2n) is 12.3. The van der Waals surface area contributed by atoms with Gasteiger partial charge in [-0.15, -0.1) is 0 Å². The lowest BCUT2D eigenvalue weighted by atomic mass is 10.0. The van der Waals surface area contributed by atoms with Crippen LogP contribution in [-0.4, -0.2) is 13.7 Å². The van der Waals surface area contributed by atoms with Crippen molar-refractivity contribution in [1.29, 1.82) is 0 Å². The van der Waals surface area contributed by atoms with Gasteiger partial charge in [0.05, 0.1) is 86.8 Å². The van der Waals surface area contributed by atoms with Crippen LogP contribution in [0, 0.1) is 0 Å². The molecule has 266 valence electrons. The summed E-state index contributed by atoms with van der Waals surface area (Å²) in [6.07, 6.45) is 0. The molecule has 0 fully saturated rings. The largest absolute Gasteiger partial charge is 0.309 e. The number of rotatable bonds is 5. The summed E-state index contributed by atoms with van der Waals surface area (Å²) in [5.74, 6) is 0. The van der Waals surface area contributed by atoms with Gasteiger partial charge in [-0.2, -0.15) is 0 Å². The van der Waals surface area contributed by atoms with Gasteiger partial charge in [0.2, 0.25) is 0 Å². The number of hydrogen-bond donors (Lipinski definition) is 0. The first kappa shape index (κ1) is 12.7. The molecule has 12 aromatic rings. The van der Waals surface area contributed by atoms with Crippen molar-refractivity contribution in [2.24, 2.45) is 0 Å². The molecule has 3 nitrogen and oxygen atoms in total. The van der Waals surface area contributed by atoms with E-state index in [0.717, 1.165) is 0 Å². The van der Waals surface area contributed by atoms with E-state index < -0.39 is 316 Å². The third kappa shape index (κ3) is 4.79. The highest BCUT2D eigenvalue weighted by molar-refractivity contribution is 6.14. The molecule has 0 spiro atoms. The highest BCUT2D eigenvalue weighted by Crippen LogP contribution is 2.41. The van der Waals surface area contributed by atoms with Crippen LogP contribution < -0.4 is 0 Å². The second-order valence-corrected chi connectivity index (χ2v) is 12.3. The van der Waals surface area contributed by atoms with Crippen LogP contribution in [0.15, 0.2) is 211 Å². The number of aromatic nitrogens is 3. The molecule has 57 heavy (non-hydrogen) atoms. The van der Waals surface area contributed by atoms with Crippen LogP contribution in [0.4, 0.5) is 0 Å². The minimum Gasteiger partial charge on any atom is -0.309 e. The van der Waals surface area contributed by atoms with Gasteiger partial charge in [-0.05, 0) is 89.2 Å². The maximum atomic E-state index is 10.2. The first-order valence-electron chi connectivity index (χ1n) is 34.3. The van der Waals surface area contributed by atoms with Gasteiger partial charge in [0.15, 0.2) is 0 Å². The van der Waals surface area contributed by atoms with Crippen LogP contribution >= 0.6 is 0 Å². The summed E-state index contributed by atoms with van der Waals surface area (Å²) in [5, 5.41) is -4.05. The smallest absolute Gasteiger partial charge is 0.0652 e. The SMILES string of the molecule is [2H]c1c([2H])c([2H])c(-c2c([2H])c([2H])c(-n3c4c([2H])c([2H])c([2H])c([2H])c4c4c([2H])c(-n5c6c([2H])c([2H])c([2H])c([2H])c6c6c([2H])c(-c7c([2H])c([2H])c([2H])c([2H])c7-n7c8c([2H])c([2H])c([2H])c([2H])c8c8c([2H])c([2H])c([2H])c([2H])c87)c([2H])c([2H])c65)c([2H])c([2H])c43)c([2H])c2[2H])c([2H])c1[2H]. The highest BCUT2D eigenvalue weighted by atomic mass is 15.0. The van der Waals surface area contributed by atoms with Gasteiger partial charge in [0, 0.05) is 49.3 Å². The fourth-order valence-electron chi connectivity index (χ4n) is 6.92. The Bertz CT molecular complexity index is 5450. The Morgan fingerprint density at radius 1 is 0.263 bits per heavy atom. The monoisotopic (exact) mass is 761 g/mol. The predicted octanol–water partition coefficient (Wildman–Crippen LogP) is 14.3. The van der Waals surface area contributed by atoms with Crippen LogP contribution in [0.25, 0.3) is 105 Å². The second kappa shape index (κ2) is 12.5. The molecule has 0 saturated carbocycles. The lowest BCUT2D eigenvalue weighted by Crippen LogP contribution is -1.97. The zero-order chi connectivity index (χ0) is 67.9. The molecule has 0 unspecified atom stereocenters. The minimum atomic E-state index is -1.19. The zero-order valence-corrected chi connectivity index (χ0v) is 28.3. The van der Waals surface area contributed by atoms with Gasteiger partial charge in [-0.1, -0.05) is 139 Å². The van der Waals surface area contributed by atoms with E-state index >= 15 is 0 Å². The Hall–Kier alpha value is -7.62. The van der Waals surface area contributed by atoms with E-state index in [1.165, 1.54) is 0 Å². The van der Waals surface area contributed by atoms with E-state index in [1.54, 1.807) is 0 Å². The third-order valence-electron chi connectivity index (χ3n) is 9.29. The van der Waals surface area contributed by atoms with Crippen LogP contribution in [0.2, 0.25) is 0 Å². The molecule has 0 N–H and O–H groups in total. The number of benzene rings is 9. The number of nitrogens with zero attached hydrogens (tertiary/aromatic N) is 3. The third-order valence-corrected chi connectivity index (χ3v) is 9.29. The lowest BCUT2D eigenvalue weighted by Gasteiger charge is -2.14. The Balaban J connectivity index is 1.27. The summed E-state index contributed by atoms with van der Waals surface area (Å²) in [4.78, 5) is 0. The lowest BCUT2D eigenvalue weighted by molar-refractivity contribution is 1.16. The van der Waals surface area contributed by atoms with Crippen LogP contribution in [0.1, 0.15) is 48.0 Å². The minimum absolute atomic E-state index is 0.557. The average Bonchev–Trinajstić information content (AvgIpc) is 1.52. The molecule has 0 radical (unpaired) electrons. The first-order valence-corrected chi connectivity index (χ1v) is 16.8. The van der Waals surface area contributed by atoms with Crippen molar-refractivity contribution in [2.45, 2.75) is 0 Å². The fourth-order valence-corrected chi connectivity index (χ4v) is 6.92. The van der Waals surface area contributed by atoms with E-state index in [-0.39, 0.29) is 0 Å². The summed E-state index contributed by atoms with van der Waals surface area (Å²) in [6.45, 7) is 0. The molecule has 0 aliphatic carbocycles. The molecule has 0 saturated heterocycles. The van der Waals surface area contributed by atoms with Crippen molar-refractivity contribution in [1.82, 2.24) is 13.7 Å². The van der Waals surface area contributed by atoms with Gasteiger partial charge in [-0.3, -0.25) is 0 Å². The molecule has 0 amide bonds. The first-order chi connectivity index (χ1) is 42.9. The molecule has 0 aliphatic rings. The summed E-state index contributed by atoms with van der Waals surface area (Å²) < 4.78 is 321. The number of para-hydroxylation sites is 5. The Morgan fingerprint density at radius 3 is 1.30 bits per heavy atom. The van der Waals surface area contributed by atoms with Gasteiger partial charge in [-0.25, -0.2) is 0 Å². The van der Waals surface area contributed by atoms with Crippen molar-refractivity contribution < 1.29 is 48.0 Å². The molecule has 0 bridgehead atoms. The fraction of sp³-hybridized carbons (Fsp3) is 0. The highest BCUT2D eigenvalue weighted by Gasteiger charge is 2.19. The Kier molecular flexibility index (Phi) is 2.78. The van der Waals surface area contributed by atoms with Crippen molar-refractivity contribution in [3.8, 4) is 39.3 Å². The Morgan fingerprint density at radius 2 is 0.667 bits per heavy atom. The summed E-state index contributed by atoms with van der Waals surface area (Å²) in [7, 11) is 0. The van der Waals surface area contributed by atoms with Crippen LogP contribution in [0.3, 0.4) is 0 Å². The van der Waals surface area contributed by atoms with Gasteiger partial charge in [0.1, 0.15) is 0 Å². The van der Waals surface area contributed by atoms with Crippen molar-refractivity contribution >= 4 is 65.4 Å². The molecule has 0 aliphatic heterocycles. The van der Waals surface area contributed by atoms with E-state index in [9.17, 15) is 21.9 Å². The molecular formula is C54H35N3. The summed E-state index contributed by atoms with van der Waals surface area (Å²) >= 11 is 0. The molecule has 0 atom stereocenters. The molecule has 3 aromatic heterocycles. The maximum Gasteiger partial charge on any atom is 0.0652 e. The quantitative estimate of drug-likeness (QED) is 0.166. The molecule has 12 rings (SSSR count). The van der Waals surface area contributed by atoms with Crippen molar-refractivity contribution in [3.63, 3.8) is 0 Å². The van der Waals surface area contributed by atoms with E-state index in [1.807, 2.05) is 0 Å². The average molecular weight is 761 g/mol. The molecule has 9 aromatic carbocycles. The topological polar surface area (TPSA) is 14.8 Å². The van der Waals surface area contributed by atoms with E-state index in [4.69, 9.17) is 26.0 Å². The summed E-state index contributed by atoms with van der Waals surface area (Å²) in [5.41, 5.74) is -10.7. The zero-order valence-electron chi connectivity index (χ0n) is 63.3. The normalized spacial score (nSPS) is 20.5. The van der Waals surface area contributed by atoms with Gasteiger partial charge in [0.25, 0.3) is 0 Å². The van der Waals surface area contributed by atoms with Crippen molar-refractivity contribution in [2.75, 3.05) is 0 Å². The Labute approximate surface area is 378 Å². The van der Waals surface area contributed by atoms with E-state index in [2.05, 4.69) is 0 Å². The van der Waals surface area contributed by atoms with Crippen molar-refractivity contribution in [3.05, 3.63) is 211 Å². The van der Waals surface area contributed by atoms with E-state index in [0.29, 0.717) is 13.7 Å².